The van der Waals surface area contributed by atoms with Crippen LogP contribution in [0.3, 0.4) is 0 Å². The molecule has 0 aliphatic carbocycles. The first-order valence-electron chi connectivity index (χ1n) is 10.2. The van der Waals surface area contributed by atoms with E-state index in [4.69, 9.17) is 11.6 Å². The van der Waals surface area contributed by atoms with E-state index in [0.717, 1.165) is 22.5 Å². The van der Waals surface area contributed by atoms with E-state index >= 15 is 0 Å². The molecule has 3 aromatic carbocycles. The van der Waals surface area contributed by atoms with Crippen LogP contribution in [0.25, 0.3) is 11.4 Å². The molecule has 0 aliphatic heterocycles. The van der Waals surface area contributed by atoms with E-state index in [2.05, 4.69) is 10.2 Å². The number of halogens is 1. The highest BCUT2D eigenvalue weighted by Gasteiger charge is 2.18. The molecule has 0 aliphatic rings. The zero-order valence-corrected chi connectivity index (χ0v) is 19.3. The van der Waals surface area contributed by atoms with Crippen molar-refractivity contribution in [2.75, 3.05) is 5.75 Å². The van der Waals surface area contributed by atoms with E-state index in [1.807, 2.05) is 101 Å². The fourth-order valence-electron chi connectivity index (χ4n) is 3.35. The summed E-state index contributed by atoms with van der Waals surface area (Å²) in [4.78, 5) is 15.1. The first kappa shape index (κ1) is 22.1. The van der Waals surface area contributed by atoms with Gasteiger partial charge in [-0.1, -0.05) is 84.0 Å². The Hall–Kier alpha value is -3.09. The Labute approximate surface area is 197 Å². The molecular formula is C25H23ClN4OS. The Morgan fingerprint density at radius 3 is 2.00 bits per heavy atom. The Bertz CT molecular complexity index is 1120. The maximum atomic E-state index is 13.2. The molecule has 4 rings (SSSR count). The van der Waals surface area contributed by atoms with Gasteiger partial charge >= 0.3 is 0 Å². The van der Waals surface area contributed by atoms with E-state index in [0.29, 0.717) is 23.3 Å². The lowest BCUT2D eigenvalue weighted by molar-refractivity contribution is -0.129. The number of carbonyl (C=O) groups is 1. The third-order valence-corrected chi connectivity index (χ3v) is 6.30. The molecule has 0 saturated heterocycles. The first-order valence-corrected chi connectivity index (χ1v) is 11.6. The average Bonchev–Trinajstić information content (AvgIpc) is 3.19. The van der Waals surface area contributed by atoms with Gasteiger partial charge in [0.05, 0.1) is 5.75 Å². The first-order chi connectivity index (χ1) is 15.6. The van der Waals surface area contributed by atoms with Crippen molar-refractivity contribution in [1.29, 1.82) is 0 Å². The maximum absolute atomic E-state index is 13.2. The topological polar surface area (TPSA) is 51.0 Å². The second-order valence-corrected chi connectivity index (χ2v) is 8.76. The van der Waals surface area contributed by atoms with E-state index in [-0.39, 0.29) is 11.7 Å². The van der Waals surface area contributed by atoms with Gasteiger partial charge in [0, 0.05) is 30.7 Å². The second-order valence-electron chi connectivity index (χ2n) is 7.38. The SMILES string of the molecule is Cn1c(SCC(=O)N(Cc2ccccc2)Cc2ccccc2)nnc1-c1ccc(Cl)cc1. The van der Waals surface area contributed by atoms with Crippen molar-refractivity contribution >= 4 is 29.3 Å². The van der Waals surface area contributed by atoms with Gasteiger partial charge in [-0.3, -0.25) is 4.79 Å². The summed E-state index contributed by atoms with van der Waals surface area (Å²) in [6.07, 6.45) is 0. The van der Waals surface area contributed by atoms with Crippen LogP contribution in [-0.2, 0) is 24.9 Å². The Morgan fingerprint density at radius 1 is 0.875 bits per heavy atom. The van der Waals surface area contributed by atoms with Gasteiger partial charge in [0.1, 0.15) is 0 Å². The molecule has 32 heavy (non-hydrogen) atoms. The number of rotatable bonds is 8. The number of nitrogens with zero attached hydrogens (tertiary/aromatic N) is 4. The number of aromatic nitrogens is 3. The lowest BCUT2D eigenvalue weighted by Gasteiger charge is -2.23. The van der Waals surface area contributed by atoms with Crippen molar-refractivity contribution in [3.63, 3.8) is 0 Å². The molecule has 1 heterocycles. The Balaban J connectivity index is 1.46. The quantitative estimate of drug-likeness (QED) is 0.326. The highest BCUT2D eigenvalue weighted by molar-refractivity contribution is 7.99. The van der Waals surface area contributed by atoms with Crippen LogP contribution < -0.4 is 0 Å². The van der Waals surface area contributed by atoms with Gasteiger partial charge in [-0.05, 0) is 35.4 Å². The molecule has 1 amide bonds. The molecule has 0 atom stereocenters. The molecule has 0 radical (unpaired) electrons. The zero-order chi connectivity index (χ0) is 22.3. The Morgan fingerprint density at radius 2 is 1.44 bits per heavy atom. The molecule has 162 valence electrons. The van der Waals surface area contributed by atoms with Crippen molar-refractivity contribution in [1.82, 2.24) is 19.7 Å². The monoisotopic (exact) mass is 462 g/mol. The van der Waals surface area contributed by atoms with Gasteiger partial charge in [0.15, 0.2) is 11.0 Å². The van der Waals surface area contributed by atoms with Crippen molar-refractivity contribution < 1.29 is 4.79 Å². The normalized spacial score (nSPS) is 10.8. The molecule has 4 aromatic rings. The average molecular weight is 463 g/mol. The van der Waals surface area contributed by atoms with Crippen LogP contribution in [0.5, 0.6) is 0 Å². The number of hydrogen-bond acceptors (Lipinski definition) is 4. The molecule has 0 fully saturated rings. The number of amides is 1. The van der Waals surface area contributed by atoms with Crippen LogP contribution in [0, 0.1) is 0 Å². The predicted octanol–water partition coefficient (Wildman–Crippen LogP) is 5.46. The summed E-state index contributed by atoms with van der Waals surface area (Å²) in [5.41, 5.74) is 3.13. The van der Waals surface area contributed by atoms with Crippen molar-refractivity contribution in [2.24, 2.45) is 7.05 Å². The van der Waals surface area contributed by atoms with Crippen molar-refractivity contribution in [3.05, 3.63) is 101 Å². The van der Waals surface area contributed by atoms with Crippen LogP contribution in [0.15, 0.2) is 90.1 Å². The summed E-state index contributed by atoms with van der Waals surface area (Å²) in [5, 5.41) is 9.96. The highest BCUT2D eigenvalue weighted by atomic mass is 35.5. The van der Waals surface area contributed by atoms with E-state index in [1.54, 1.807) is 0 Å². The summed E-state index contributed by atoms with van der Waals surface area (Å²) < 4.78 is 1.90. The summed E-state index contributed by atoms with van der Waals surface area (Å²) in [6, 6.07) is 27.6. The van der Waals surface area contributed by atoms with Crippen LogP contribution >= 0.6 is 23.4 Å². The van der Waals surface area contributed by atoms with E-state index in [1.165, 1.54) is 11.8 Å². The second kappa shape index (κ2) is 10.5. The minimum absolute atomic E-state index is 0.0544. The third kappa shape index (κ3) is 5.58. The van der Waals surface area contributed by atoms with E-state index < -0.39 is 0 Å². The van der Waals surface area contributed by atoms with Crippen LogP contribution in [-0.4, -0.2) is 31.3 Å². The molecule has 5 nitrogen and oxygen atoms in total. The predicted molar refractivity (Wildman–Crippen MR) is 129 cm³/mol. The van der Waals surface area contributed by atoms with Crippen molar-refractivity contribution in [2.45, 2.75) is 18.2 Å². The lowest BCUT2D eigenvalue weighted by Crippen LogP contribution is -2.31. The number of thioether (sulfide) groups is 1. The molecule has 1 aromatic heterocycles. The number of hydrogen-bond donors (Lipinski definition) is 0. The molecular weight excluding hydrogens is 440 g/mol. The third-order valence-electron chi connectivity index (χ3n) is 5.05. The molecule has 0 saturated carbocycles. The van der Waals surface area contributed by atoms with E-state index in [9.17, 15) is 4.79 Å². The summed E-state index contributed by atoms with van der Waals surface area (Å²) in [7, 11) is 1.91. The van der Waals surface area contributed by atoms with Crippen LogP contribution in [0.2, 0.25) is 5.02 Å². The molecule has 7 heteroatoms. The minimum Gasteiger partial charge on any atom is -0.333 e. The molecule has 0 bridgehead atoms. The van der Waals surface area contributed by atoms with Gasteiger partial charge in [-0.25, -0.2) is 0 Å². The molecule has 0 unspecified atom stereocenters. The lowest BCUT2D eigenvalue weighted by atomic mass is 10.1. The minimum atomic E-state index is 0.0544. The summed E-state index contributed by atoms with van der Waals surface area (Å²) in [6.45, 7) is 1.12. The van der Waals surface area contributed by atoms with Gasteiger partial charge < -0.3 is 9.47 Å². The zero-order valence-electron chi connectivity index (χ0n) is 17.7. The van der Waals surface area contributed by atoms with Gasteiger partial charge in [-0.2, -0.15) is 0 Å². The molecule has 0 N–H and O–H groups in total. The van der Waals surface area contributed by atoms with Crippen molar-refractivity contribution in [3.8, 4) is 11.4 Å². The van der Waals surface area contributed by atoms with Gasteiger partial charge in [0.2, 0.25) is 5.91 Å². The maximum Gasteiger partial charge on any atom is 0.233 e. The highest BCUT2D eigenvalue weighted by Crippen LogP contribution is 2.24. The number of carbonyl (C=O) groups excluding carboxylic acids is 1. The number of benzene rings is 3. The largest absolute Gasteiger partial charge is 0.333 e. The standard InChI is InChI=1S/C25H23ClN4OS/c1-29-24(21-12-14-22(26)15-13-21)27-28-25(29)32-18-23(31)30(16-19-8-4-2-5-9-19)17-20-10-6-3-7-11-20/h2-15H,16-18H2,1H3. The van der Waals surface area contributed by atoms with Gasteiger partial charge in [0.25, 0.3) is 0 Å². The van der Waals surface area contributed by atoms with Crippen LogP contribution in [0.4, 0.5) is 0 Å². The fraction of sp³-hybridized carbons (Fsp3) is 0.160. The fourth-order valence-corrected chi connectivity index (χ4v) is 4.29. The summed E-state index contributed by atoms with van der Waals surface area (Å²) >= 11 is 7.38. The van der Waals surface area contributed by atoms with Gasteiger partial charge in [-0.15, -0.1) is 10.2 Å². The molecule has 0 spiro atoms. The summed E-state index contributed by atoms with van der Waals surface area (Å²) in [5.74, 6) is 1.08. The smallest absolute Gasteiger partial charge is 0.233 e. The van der Waals surface area contributed by atoms with Crippen LogP contribution in [0.1, 0.15) is 11.1 Å². The Kier molecular flexibility index (Phi) is 7.24.